The number of aromatic nitrogens is 2. The zero-order valence-corrected chi connectivity index (χ0v) is 10.00. The molecule has 1 aliphatic carbocycles. The molecule has 90 valence electrons. The highest BCUT2D eigenvalue weighted by atomic mass is 32.2. The smallest absolute Gasteiger partial charge is 0.305 e. The molecule has 0 spiro atoms. The summed E-state index contributed by atoms with van der Waals surface area (Å²) in [5, 5.41) is 9.53. The Morgan fingerprint density at radius 1 is 1.53 bits per heavy atom. The van der Waals surface area contributed by atoms with Crippen LogP contribution in [-0.4, -0.2) is 26.4 Å². The van der Waals surface area contributed by atoms with Crippen LogP contribution in [0.2, 0.25) is 0 Å². The predicted molar refractivity (Wildman–Crippen MR) is 62.5 cm³/mol. The molecule has 0 fully saturated rings. The highest BCUT2D eigenvalue weighted by Gasteiger charge is 2.30. The van der Waals surface area contributed by atoms with Crippen molar-refractivity contribution in [3.05, 3.63) is 21.6 Å². The molecule has 0 saturated carbocycles. The zero-order valence-electron chi connectivity index (χ0n) is 9.18. The maximum atomic E-state index is 12.3. The minimum Gasteiger partial charge on any atom is -0.481 e. The normalized spacial score (nSPS) is 21.3. The van der Waals surface area contributed by atoms with Crippen molar-refractivity contribution in [3.8, 4) is 0 Å². The average molecular weight is 252 g/mol. The minimum absolute atomic E-state index is 0.000370. The lowest BCUT2D eigenvalue weighted by atomic mass is 10.2. The number of fused-ring (bicyclic) bond motifs is 2. The maximum absolute atomic E-state index is 12.3. The van der Waals surface area contributed by atoms with E-state index in [4.69, 9.17) is 5.11 Å². The van der Waals surface area contributed by atoms with E-state index in [9.17, 15) is 9.59 Å². The van der Waals surface area contributed by atoms with E-state index in [0.29, 0.717) is 10.9 Å². The fourth-order valence-corrected chi connectivity index (χ4v) is 3.66. The molecular weight excluding hydrogens is 240 g/mol. The van der Waals surface area contributed by atoms with Gasteiger partial charge in [0, 0.05) is 11.3 Å². The van der Waals surface area contributed by atoms with E-state index in [2.05, 4.69) is 4.98 Å². The van der Waals surface area contributed by atoms with E-state index < -0.39 is 5.97 Å². The van der Waals surface area contributed by atoms with Crippen LogP contribution in [0.3, 0.4) is 0 Å². The van der Waals surface area contributed by atoms with E-state index in [1.54, 1.807) is 4.57 Å². The summed E-state index contributed by atoms with van der Waals surface area (Å²) in [6.07, 6.45) is 2.64. The lowest BCUT2D eigenvalue weighted by Crippen LogP contribution is -2.28. The van der Waals surface area contributed by atoms with Gasteiger partial charge in [0.05, 0.1) is 18.2 Å². The van der Waals surface area contributed by atoms with Crippen molar-refractivity contribution in [1.29, 1.82) is 0 Å². The van der Waals surface area contributed by atoms with Crippen molar-refractivity contribution in [3.63, 3.8) is 0 Å². The molecule has 0 unspecified atom stereocenters. The molecule has 2 aliphatic rings. The number of hydrogen-bond acceptors (Lipinski definition) is 4. The van der Waals surface area contributed by atoms with Gasteiger partial charge in [0.25, 0.3) is 5.56 Å². The van der Waals surface area contributed by atoms with E-state index in [0.717, 1.165) is 30.5 Å². The third kappa shape index (κ3) is 1.67. The molecule has 1 aliphatic heterocycles. The van der Waals surface area contributed by atoms with Gasteiger partial charge < -0.3 is 5.11 Å². The van der Waals surface area contributed by atoms with Crippen molar-refractivity contribution in [1.82, 2.24) is 9.55 Å². The number of thioether (sulfide) groups is 1. The Labute approximate surface area is 102 Å². The summed E-state index contributed by atoms with van der Waals surface area (Å²) in [5.74, 6) is -0.229. The Morgan fingerprint density at radius 3 is 3.12 bits per heavy atom. The van der Waals surface area contributed by atoms with Crippen molar-refractivity contribution < 1.29 is 9.90 Å². The fraction of sp³-hybridized carbons (Fsp3) is 0.545. The number of carboxylic acid groups (broad SMARTS) is 1. The van der Waals surface area contributed by atoms with E-state index in [-0.39, 0.29) is 18.0 Å². The Hall–Kier alpha value is -1.30. The number of hydrogen-bond donors (Lipinski definition) is 1. The molecule has 5 nitrogen and oxygen atoms in total. The predicted octanol–water partition coefficient (Wildman–Crippen LogP) is 0.853. The van der Waals surface area contributed by atoms with E-state index in [1.807, 2.05) is 0 Å². The first kappa shape index (κ1) is 10.8. The first-order valence-corrected chi connectivity index (χ1v) is 6.64. The molecule has 1 atom stereocenters. The van der Waals surface area contributed by atoms with Gasteiger partial charge in [-0.25, -0.2) is 4.98 Å². The second-order valence-corrected chi connectivity index (χ2v) is 5.40. The third-order valence-electron chi connectivity index (χ3n) is 3.28. The largest absolute Gasteiger partial charge is 0.481 e. The summed E-state index contributed by atoms with van der Waals surface area (Å²) in [4.78, 5) is 27.5. The Morgan fingerprint density at radius 2 is 2.35 bits per heavy atom. The van der Waals surface area contributed by atoms with Gasteiger partial charge in [0.2, 0.25) is 0 Å². The van der Waals surface area contributed by atoms with Crippen molar-refractivity contribution in [2.75, 3.05) is 5.75 Å². The van der Waals surface area contributed by atoms with Crippen LogP contribution in [0.5, 0.6) is 0 Å². The summed E-state index contributed by atoms with van der Waals surface area (Å²) in [6.45, 7) is 0. The molecule has 0 radical (unpaired) electrons. The number of nitrogens with zero attached hydrogens (tertiary/aromatic N) is 2. The molecule has 0 bridgehead atoms. The number of aliphatic carboxylic acids is 1. The second kappa shape index (κ2) is 3.87. The first-order chi connectivity index (χ1) is 8.16. The molecule has 0 saturated heterocycles. The van der Waals surface area contributed by atoms with Crippen LogP contribution in [0, 0.1) is 0 Å². The summed E-state index contributed by atoms with van der Waals surface area (Å²) in [7, 11) is 0. The number of rotatable bonds is 2. The average Bonchev–Trinajstić information content (AvgIpc) is 2.85. The Balaban J connectivity index is 2.09. The highest BCUT2D eigenvalue weighted by Crippen LogP contribution is 2.33. The highest BCUT2D eigenvalue weighted by molar-refractivity contribution is 7.99. The van der Waals surface area contributed by atoms with Gasteiger partial charge in [0.15, 0.2) is 5.16 Å². The van der Waals surface area contributed by atoms with Gasteiger partial charge in [0.1, 0.15) is 0 Å². The summed E-state index contributed by atoms with van der Waals surface area (Å²) in [5.41, 5.74) is 1.70. The number of carbonyl (C=O) groups is 1. The summed E-state index contributed by atoms with van der Waals surface area (Å²) >= 11 is 1.49. The monoisotopic (exact) mass is 252 g/mol. The molecule has 6 heteroatoms. The zero-order chi connectivity index (χ0) is 12.0. The molecular formula is C11H12N2O3S. The van der Waals surface area contributed by atoms with Gasteiger partial charge in [-0.05, 0) is 19.3 Å². The molecule has 3 rings (SSSR count). The summed E-state index contributed by atoms with van der Waals surface area (Å²) < 4.78 is 1.59. The van der Waals surface area contributed by atoms with Gasteiger partial charge in [-0.3, -0.25) is 14.2 Å². The quantitative estimate of drug-likeness (QED) is 0.790. The summed E-state index contributed by atoms with van der Waals surface area (Å²) in [6, 6.07) is -0.238. The van der Waals surface area contributed by atoms with Crippen LogP contribution >= 0.6 is 11.8 Å². The standard InChI is InChI=1S/C11H12N2O3S/c14-9(15)4-6-5-17-11-12-8-3-1-2-7(8)10(16)13(6)11/h6H,1-5H2,(H,14,15)/t6-/m1/s1. The molecule has 17 heavy (non-hydrogen) atoms. The van der Waals surface area contributed by atoms with Gasteiger partial charge in [-0.1, -0.05) is 11.8 Å². The molecule has 0 amide bonds. The lowest BCUT2D eigenvalue weighted by Gasteiger charge is -2.11. The SMILES string of the molecule is O=C(O)C[C@@H]1CSc2nc3c(c(=O)n21)CCC3. The van der Waals surface area contributed by atoms with Crippen LogP contribution in [0.4, 0.5) is 0 Å². The van der Waals surface area contributed by atoms with Crippen molar-refractivity contribution in [2.45, 2.75) is 36.9 Å². The Bertz CT molecular complexity index is 552. The van der Waals surface area contributed by atoms with Crippen LogP contribution in [-0.2, 0) is 17.6 Å². The van der Waals surface area contributed by atoms with Crippen LogP contribution in [0.25, 0.3) is 0 Å². The van der Waals surface area contributed by atoms with Gasteiger partial charge >= 0.3 is 5.97 Å². The topological polar surface area (TPSA) is 72.2 Å². The van der Waals surface area contributed by atoms with Crippen molar-refractivity contribution in [2.24, 2.45) is 0 Å². The van der Waals surface area contributed by atoms with Gasteiger partial charge in [-0.2, -0.15) is 0 Å². The molecule has 0 aromatic carbocycles. The second-order valence-electron chi connectivity index (χ2n) is 4.41. The van der Waals surface area contributed by atoms with Gasteiger partial charge in [-0.15, -0.1) is 0 Å². The molecule has 1 N–H and O–H groups in total. The van der Waals surface area contributed by atoms with E-state index >= 15 is 0 Å². The Kier molecular flexibility index (Phi) is 2.47. The number of carboxylic acids is 1. The third-order valence-corrected chi connectivity index (χ3v) is 4.38. The first-order valence-electron chi connectivity index (χ1n) is 5.65. The minimum atomic E-state index is -0.865. The number of aryl methyl sites for hydroxylation is 1. The van der Waals surface area contributed by atoms with Crippen LogP contribution in [0.1, 0.15) is 30.1 Å². The van der Waals surface area contributed by atoms with E-state index in [1.165, 1.54) is 11.8 Å². The van der Waals surface area contributed by atoms with Crippen molar-refractivity contribution >= 4 is 17.7 Å². The fourth-order valence-electron chi connectivity index (χ4n) is 2.50. The molecule has 1 aromatic rings. The maximum Gasteiger partial charge on any atom is 0.305 e. The molecule has 1 aromatic heterocycles. The van der Waals surface area contributed by atoms with Crippen LogP contribution < -0.4 is 5.56 Å². The lowest BCUT2D eigenvalue weighted by molar-refractivity contribution is -0.137. The van der Waals surface area contributed by atoms with Crippen LogP contribution in [0.15, 0.2) is 9.95 Å². The molecule has 2 heterocycles.